The third-order valence-electron chi connectivity index (χ3n) is 5.03. The van der Waals surface area contributed by atoms with Crippen molar-refractivity contribution in [2.45, 2.75) is 58.8 Å². The molecule has 3 rings (SSSR count). The summed E-state index contributed by atoms with van der Waals surface area (Å²) in [5.74, 6) is 1.07. The Morgan fingerprint density at radius 2 is 1.48 bits per heavy atom. The molecule has 0 spiro atoms. The van der Waals surface area contributed by atoms with E-state index < -0.39 is 0 Å². The predicted octanol–water partition coefficient (Wildman–Crippen LogP) is 7.29. The molecule has 0 saturated heterocycles. The Morgan fingerprint density at radius 3 is 2.32 bits per heavy atom. The number of unbranched alkanes of at least 4 members (excludes halogenated alkanes) is 5. The number of ether oxygens (including phenoxy) is 1. The average molecular weight is 335 g/mol. The molecule has 0 heterocycles. The quantitative estimate of drug-likeness (QED) is 0.295. The van der Waals surface area contributed by atoms with Crippen molar-refractivity contribution in [3.63, 3.8) is 0 Å². The summed E-state index contributed by atoms with van der Waals surface area (Å²) < 4.78 is 6.34. The second-order valence-electron chi connectivity index (χ2n) is 6.95. The molecule has 0 aromatic heterocycles. The fourth-order valence-electron chi connectivity index (χ4n) is 3.50. The molecule has 0 saturated carbocycles. The summed E-state index contributed by atoms with van der Waals surface area (Å²) in [5, 5.41) is 5.02. The normalized spacial score (nSPS) is 11.3. The number of hydrogen-bond acceptors (Lipinski definition) is 1. The summed E-state index contributed by atoms with van der Waals surface area (Å²) in [7, 11) is 0. The third-order valence-corrected chi connectivity index (χ3v) is 5.03. The predicted molar refractivity (Wildman–Crippen MR) is 110 cm³/mol. The van der Waals surface area contributed by atoms with Crippen molar-refractivity contribution in [2.24, 2.45) is 0 Å². The molecule has 0 fully saturated rings. The Bertz CT molecular complexity index is 819. The van der Waals surface area contributed by atoms with E-state index in [2.05, 4.69) is 62.4 Å². The number of hydrogen-bond donors (Lipinski definition) is 0. The van der Waals surface area contributed by atoms with E-state index >= 15 is 0 Å². The van der Waals surface area contributed by atoms with Gasteiger partial charge in [-0.2, -0.15) is 0 Å². The smallest absolute Gasteiger partial charge is 0.134 e. The molecule has 0 unspecified atom stereocenters. The molecule has 0 aliphatic heterocycles. The van der Waals surface area contributed by atoms with Gasteiger partial charge in [-0.05, 0) is 41.3 Å². The van der Waals surface area contributed by atoms with Crippen molar-refractivity contribution in [3.05, 3.63) is 54.1 Å². The van der Waals surface area contributed by atoms with E-state index in [1.165, 1.54) is 59.2 Å². The largest absolute Gasteiger partial charge is 0.492 e. The summed E-state index contributed by atoms with van der Waals surface area (Å²) in [5.41, 5.74) is 1.37. The van der Waals surface area contributed by atoms with E-state index in [0.29, 0.717) is 0 Å². The first kappa shape index (κ1) is 17.8. The van der Waals surface area contributed by atoms with E-state index in [-0.39, 0.29) is 0 Å². The van der Waals surface area contributed by atoms with E-state index in [4.69, 9.17) is 4.74 Å². The maximum Gasteiger partial charge on any atom is 0.134 e. The Hall–Kier alpha value is -2.02. The van der Waals surface area contributed by atoms with E-state index in [1.54, 1.807) is 0 Å². The Morgan fingerprint density at radius 1 is 0.720 bits per heavy atom. The lowest BCUT2D eigenvalue weighted by atomic mass is 9.99. The summed E-state index contributed by atoms with van der Waals surface area (Å²) >= 11 is 0. The molecule has 25 heavy (non-hydrogen) atoms. The highest BCUT2D eigenvalue weighted by Gasteiger charge is 2.09. The summed E-state index contributed by atoms with van der Waals surface area (Å²) in [4.78, 5) is 0. The van der Waals surface area contributed by atoms with Crippen LogP contribution in [0.25, 0.3) is 21.5 Å². The molecule has 1 nitrogen and oxygen atoms in total. The Balaban J connectivity index is 1.82. The topological polar surface area (TPSA) is 9.23 Å². The van der Waals surface area contributed by atoms with Crippen molar-refractivity contribution in [1.82, 2.24) is 0 Å². The molecular weight excluding hydrogens is 304 g/mol. The lowest BCUT2D eigenvalue weighted by Crippen LogP contribution is -1.99. The van der Waals surface area contributed by atoms with Crippen molar-refractivity contribution in [3.8, 4) is 5.75 Å². The fourth-order valence-corrected chi connectivity index (χ4v) is 3.50. The lowest BCUT2D eigenvalue weighted by molar-refractivity contribution is 0.311. The van der Waals surface area contributed by atoms with Gasteiger partial charge in [-0.1, -0.05) is 82.3 Å². The third kappa shape index (κ3) is 4.34. The molecule has 0 amide bonds. The summed E-state index contributed by atoms with van der Waals surface area (Å²) in [6.45, 7) is 5.28. The zero-order chi connectivity index (χ0) is 17.5. The van der Waals surface area contributed by atoms with E-state index in [0.717, 1.165) is 25.2 Å². The molecule has 0 N–H and O–H groups in total. The lowest BCUT2D eigenvalue weighted by Gasteiger charge is -2.14. The first-order valence-corrected chi connectivity index (χ1v) is 9.90. The van der Waals surface area contributed by atoms with Gasteiger partial charge in [0.25, 0.3) is 0 Å². The number of fused-ring (bicyclic) bond motifs is 2. The Labute approximate surface area is 152 Å². The highest BCUT2D eigenvalue weighted by atomic mass is 16.5. The van der Waals surface area contributed by atoms with Crippen molar-refractivity contribution in [1.29, 1.82) is 0 Å². The van der Waals surface area contributed by atoms with Crippen molar-refractivity contribution in [2.75, 3.05) is 6.61 Å². The highest BCUT2D eigenvalue weighted by molar-refractivity contribution is 6.05. The van der Waals surface area contributed by atoms with Crippen molar-refractivity contribution >= 4 is 21.5 Å². The van der Waals surface area contributed by atoms with Gasteiger partial charge in [0.1, 0.15) is 5.75 Å². The van der Waals surface area contributed by atoms with Crippen molar-refractivity contribution < 1.29 is 4.74 Å². The van der Waals surface area contributed by atoms with E-state index in [1.807, 2.05) is 0 Å². The SMILES string of the molecule is CCCCCCCCOc1c2ccccc2cc2ccc(CC)cc12. The molecule has 0 aliphatic carbocycles. The van der Waals surface area contributed by atoms with Gasteiger partial charge in [-0.15, -0.1) is 0 Å². The maximum atomic E-state index is 6.34. The summed E-state index contributed by atoms with van der Waals surface area (Å²) in [6, 6.07) is 17.6. The van der Waals surface area contributed by atoms with Gasteiger partial charge in [0.2, 0.25) is 0 Å². The van der Waals surface area contributed by atoms with Crippen LogP contribution >= 0.6 is 0 Å². The van der Waals surface area contributed by atoms with Gasteiger partial charge >= 0.3 is 0 Å². The van der Waals surface area contributed by atoms with Crippen LogP contribution in [0.3, 0.4) is 0 Å². The average Bonchev–Trinajstić information content (AvgIpc) is 2.66. The zero-order valence-electron chi connectivity index (χ0n) is 15.7. The van der Waals surface area contributed by atoms with Gasteiger partial charge < -0.3 is 4.74 Å². The van der Waals surface area contributed by atoms with Crippen LogP contribution in [0.15, 0.2) is 48.5 Å². The van der Waals surface area contributed by atoms with Crippen LogP contribution in [-0.4, -0.2) is 6.61 Å². The molecule has 0 bridgehead atoms. The molecule has 3 aromatic carbocycles. The van der Waals surface area contributed by atoms with Crippen LogP contribution in [-0.2, 0) is 6.42 Å². The fraction of sp³-hybridized carbons (Fsp3) is 0.417. The van der Waals surface area contributed by atoms with Crippen LogP contribution in [0.5, 0.6) is 5.75 Å². The molecule has 3 aromatic rings. The Kier molecular flexibility index (Phi) is 6.33. The van der Waals surface area contributed by atoms with Crippen LogP contribution in [0.1, 0.15) is 57.9 Å². The first-order valence-electron chi connectivity index (χ1n) is 9.90. The molecule has 0 radical (unpaired) electrons. The van der Waals surface area contributed by atoms with Gasteiger partial charge in [0.15, 0.2) is 0 Å². The second kappa shape index (κ2) is 8.89. The second-order valence-corrected chi connectivity index (χ2v) is 6.95. The van der Waals surface area contributed by atoms with Crippen LogP contribution in [0, 0.1) is 0 Å². The monoisotopic (exact) mass is 334 g/mol. The molecular formula is C24H30O. The standard InChI is InChI=1S/C24H30O/c1-3-5-6-7-8-11-16-25-24-22-13-10-9-12-20(22)18-21-15-14-19(4-2)17-23(21)24/h9-10,12-15,17-18H,3-8,11,16H2,1-2H3. The van der Waals surface area contributed by atoms with Gasteiger partial charge in [0.05, 0.1) is 6.61 Å². The van der Waals surface area contributed by atoms with Gasteiger partial charge in [-0.25, -0.2) is 0 Å². The zero-order valence-corrected chi connectivity index (χ0v) is 15.7. The van der Waals surface area contributed by atoms with Crippen LogP contribution < -0.4 is 4.74 Å². The maximum absolute atomic E-state index is 6.34. The van der Waals surface area contributed by atoms with E-state index in [9.17, 15) is 0 Å². The van der Waals surface area contributed by atoms with Gasteiger partial charge in [-0.3, -0.25) is 0 Å². The highest BCUT2D eigenvalue weighted by Crippen LogP contribution is 2.35. The minimum Gasteiger partial charge on any atom is -0.492 e. The molecule has 0 aliphatic rings. The minimum atomic E-state index is 0.811. The van der Waals surface area contributed by atoms with Gasteiger partial charge in [0, 0.05) is 10.8 Å². The molecule has 1 heteroatoms. The molecule has 132 valence electrons. The summed E-state index contributed by atoms with van der Waals surface area (Å²) in [6.07, 6.45) is 8.80. The number of benzene rings is 3. The molecule has 0 atom stereocenters. The minimum absolute atomic E-state index is 0.811. The number of rotatable bonds is 9. The van der Waals surface area contributed by atoms with Crippen LogP contribution in [0.2, 0.25) is 0 Å². The first-order chi connectivity index (χ1) is 12.3. The van der Waals surface area contributed by atoms with Crippen LogP contribution in [0.4, 0.5) is 0 Å². The number of aryl methyl sites for hydroxylation is 1.